The average molecular weight is 916 g/mol. The summed E-state index contributed by atoms with van der Waals surface area (Å²) in [7, 11) is 6.76. The van der Waals surface area contributed by atoms with Crippen LogP contribution in [0.5, 0.6) is 0 Å². The second-order valence-corrected chi connectivity index (χ2v) is 20.1. The van der Waals surface area contributed by atoms with Crippen molar-refractivity contribution in [2.45, 2.75) is 156 Å². The third kappa shape index (κ3) is 15.7. The van der Waals surface area contributed by atoms with Crippen LogP contribution in [0, 0.1) is 23.7 Å². The molecule has 15 nitrogen and oxygen atoms in total. The first-order chi connectivity index (χ1) is 30.1. The van der Waals surface area contributed by atoms with Gasteiger partial charge in [-0.25, -0.2) is 9.78 Å². The largest absolute Gasteiger partial charge is 0.444 e. The number of aliphatic hydroxyl groups excluding tert-OH is 1. The topological polar surface area (TPSA) is 175 Å². The maximum Gasteiger partial charge on any atom is 0.407 e. The number of methoxy groups -OCH3 is 2. The van der Waals surface area contributed by atoms with Crippen LogP contribution in [0.2, 0.25) is 0 Å². The first kappa shape index (κ1) is 54.7. The van der Waals surface area contributed by atoms with E-state index < -0.39 is 48.3 Å². The van der Waals surface area contributed by atoms with E-state index in [1.54, 1.807) is 53.1 Å². The lowest BCUT2D eigenvalue weighted by Crippen LogP contribution is -2.60. The SMILES string of the molecule is CC[C@H](C)[C@@H]([C@@H](CC(=O)N1CCC[C@H]1[C@H](OC)[C@@H](C)C(O)N[C@@H](Cc1ccccc1)c1nccs1)OC)N(C)C(=O)[C@@H](NC(=O)[C@H](C(C)C)N(C)CCNC(=O)OC(C)(C)C)C(C)C. The van der Waals surface area contributed by atoms with E-state index in [9.17, 15) is 24.3 Å². The van der Waals surface area contributed by atoms with Gasteiger partial charge in [-0.15, -0.1) is 11.3 Å². The number of rotatable bonds is 25. The van der Waals surface area contributed by atoms with Gasteiger partial charge in [-0.1, -0.05) is 85.2 Å². The van der Waals surface area contributed by atoms with E-state index in [0.29, 0.717) is 25.9 Å². The number of likely N-dealkylation sites (N-methyl/N-ethyl adjacent to an activating group) is 2. The van der Waals surface area contributed by atoms with Crippen LogP contribution in [-0.4, -0.2) is 145 Å². The maximum absolute atomic E-state index is 14.6. The average Bonchev–Trinajstić information content (AvgIpc) is 3.95. The number of carbonyl (C=O) groups excluding carboxylic acids is 4. The van der Waals surface area contributed by atoms with Crippen molar-refractivity contribution in [1.29, 1.82) is 0 Å². The quantitative estimate of drug-likeness (QED) is 0.0877. The van der Waals surface area contributed by atoms with Crippen molar-refractivity contribution in [3.8, 4) is 0 Å². The molecule has 1 aromatic carbocycles. The van der Waals surface area contributed by atoms with E-state index in [-0.39, 0.29) is 66.4 Å². The minimum atomic E-state index is -0.951. The molecule has 362 valence electrons. The van der Waals surface area contributed by atoms with Gasteiger partial charge in [0.25, 0.3) is 0 Å². The summed E-state index contributed by atoms with van der Waals surface area (Å²) in [5.74, 6) is -1.44. The second-order valence-electron chi connectivity index (χ2n) is 19.2. The molecule has 1 aliphatic rings. The summed E-state index contributed by atoms with van der Waals surface area (Å²) < 4.78 is 17.6. The Labute approximate surface area is 387 Å². The molecule has 4 amide bonds. The Morgan fingerprint density at radius 3 is 2.22 bits per heavy atom. The number of thiazole rings is 1. The molecule has 2 heterocycles. The molecule has 1 aliphatic heterocycles. The van der Waals surface area contributed by atoms with E-state index in [2.05, 4.69) is 40.0 Å². The second kappa shape index (κ2) is 25.9. The number of amides is 4. The molecule has 0 saturated carbocycles. The number of aliphatic hydroxyl groups is 1. The molecule has 10 atom stereocenters. The van der Waals surface area contributed by atoms with Crippen LogP contribution >= 0.6 is 11.3 Å². The molecule has 16 heteroatoms. The molecular formula is C48H81N7O8S. The number of hydrogen-bond donors (Lipinski definition) is 4. The van der Waals surface area contributed by atoms with Crippen LogP contribution in [0.1, 0.15) is 112 Å². The lowest BCUT2D eigenvalue weighted by Gasteiger charge is -2.41. The van der Waals surface area contributed by atoms with Crippen molar-refractivity contribution in [1.82, 2.24) is 35.6 Å². The smallest absolute Gasteiger partial charge is 0.407 e. The van der Waals surface area contributed by atoms with Gasteiger partial charge in [-0.05, 0) is 70.4 Å². The van der Waals surface area contributed by atoms with Crippen LogP contribution in [-0.2, 0) is 35.0 Å². The lowest BCUT2D eigenvalue weighted by molar-refractivity contribution is -0.148. The van der Waals surface area contributed by atoms with E-state index in [4.69, 9.17) is 14.2 Å². The molecule has 1 saturated heterocycles. The van der Waals surface area contributed by atoms with Gasteiger partial charge in [0.2, 0.25) is 17.7 Å². The standard InChI is InChI=1S/C48H81N7O8S/c1-15-32(6)41(54(12)46(59)39(30(2)3)52-44(58)40(31(4)5)53(11)26-23-50-47(60)63-48(8,9)10)37(61-13)29-38(56)55-25-19-22-36(55)42(62-14)33(7)43(57)51-35(45-49-24-27-64-45)28-34-20-17-16-18-21-34/h16-18,20-21,24,27,30-33,35-37,39-43,51,57H,15,19,22-23,25-26,28-29H2,1-14H3,(H,50,60)(H,52,58)/t32-,33+,35-,36-,37+,39-,40-,41-,42+,43?/m0/s1. The van der Waals surface area contributed by atoms with Crippen molar-refractivity contribution in [2.75, 3.05) is 47.9 Å². The van der Waals surface area contributed by atoms with Crippen LogP contribution in [0.3, 0.4) is 0 Å². The Morgan fingerprint density at radius 2 is 1.67 bits per heavy atom. The summed E-state index contributed by atoms with van der Waals surface area (Å²) in [4.78, 5) is 65.3. The summed E-state index contributed by atoms with van der Waals surface area (Å²) in [5.41, 5.74) is 0.496. The fourth-order valence-corrected chi connectivity index (χ4v) is 9.67. The van der Waals surface area contributed by atoms with Crippen molar-refractivity contribution >= 4 is 35.2 Å². The van der Waals surface area contributed by atoms with E-state index >= 15 is 0 Å². The van der Waals surface area contributed by atoms with Gasteiger partial charge in [0.15, 0.2) is 0 Å². The van der Waals surface area contributed by atoms with E-state index in [1.165, 1.54) is 11.3 Å². The van der Waals surface area contributed by atoms with Gasteiger partial charge in [-0.2, -0.15) is 0 Å². The number of nitrogens with one attached hydrogen (secondary N) is 3. The van der Waals surface area contributed by atoms with Crippen molar-refractivity contribution < 1.29 is 38.5 Å². The van der Waals surface area contributed by atoms with Crippen LogP contribution < -0.4 is 16.0 Å². The van der Waals surface area contributed by atoms with E-state index in [0.717, 1.165) is 23.4 Å². The molecule has 2 aromatic rings. The fraction of sp³-hybridized carbons (Fsp3) is 0.729. The first-order valence-corrected chi connectivity index (χ1v) is 24.0. The number of carbonyl (C=O) groups is 4. The van der Waals surface area contributed by atoms with Gasteiger partial charge in [0.1, 0.15) is 22.9 Å². The molecule has 1 unspecified atom stereocenters. The molecule has 0 aliphatic carbocycles. The first-order valence-electron chi connectivity index (χ1n) is 23.1. The zero-order valence-electron chi connectivity index (χ0n) is 41.1. The number of likely N-dealkylation sites (tertiary alicyclic amines) is 1. The van der Waals surface area contributed by atoms with Gasteiger partial charge in [0.05, 0.1) is 42.8 Å². The van der Waals surface area contributed by atoms with Crippen LogP contribution in [0.15, 0.2) is 41.9 Å². The summed E-state index contributed by atoms with van der Waals surface area (Å²) in [6.45, 7) is 20.3. The summed E-state index contributed by atoms with van der Waals surface area (Å²) in [6, 6.07) is 7.70. The Morgan fingerprint density at radius 1 is 1.00 bits per heavy atom. The lowest BCUT2D eigenvalue weighted by atomic mass is 9.89. The summed E-state index contributed by atoms with van der Waals surface area (Å²) in [5, 5.41) is 23.8. The number of aromatic nitrogens is 1. The highest BCUT2D eigenvalue weighted by molar-refractivity contribution is 7.09. The van der Waals surface area contributed by atoms with Gasteiger partial charge in [-0.3, -0.25) is 24.6 Å². The minimum absolute atomic E-state index is 0.0324. The normalized spacial score (nSPS) is 18.8. The Bertz CT molecular complexity index is 1710. The fourth-order valence-electron chi connectivity index (χ4n) is 8.97. The zero-order chi connectivity index (χ0) is 47.9. The molecule has 4 N–H and O–H groups in total. The monoisotopic (exact) mass is 916 g/mol. The summed E-state index contributed by atoms with van der Waals surface area (Å²) >= 11 is 1.54. The minimum Gasteiger partial charge on any atom is -0.444 e. The summed E-state index contributed by atoms with van der Waals surface area (Å²) in [6.07, 6.45) is 2.08. The molecular weight excluding hydrogens is 835 g/mol. The number of alkyl carbamates (subject to hydrolysis) is 1. The zero-order valence-corrected chi connectivity index (χ0v) is 41.9. The molecule has 64 heavy (non-hydrogen) atoms. The maximum atomic E-state index is 14.6. The highest BCUT2D eigenvalue weighted by atomic mass is 32.1. The Hall–Kier alpha value is -3.67. The van der Waals surface area contributed by atoms with Crippen molar-refractivity contribution in [3.05, 3.63) is 52.5 Å². The molecule has 0 bridgehead atoms. The predicted molar refractivity (Wildman–Crippen MR) is 253 cm³/mol. The molecule has 1 aromatic heterocycles. The number of nitrogens with zero attached hydrogens (tertiary/aromatic N) is 4. The van der Waals surface area contributed by atoms with Crippen molar-refractivity contribution in [3.63, 3.8) is 0 Å². The molecule has 0 radical (unpaired) electrons. The number of hydrogen-bond acceptors (Lipinski definition) is 12. The van der Waals surface area contributed by atoms with Gasteiger partial charge in [0, 0.05) is 58.4 Å². The van der Waals surface area contributed by atoms with Crippen molar-refractivity contribution in [2.24, 2.45) is 23.7 Å². The number of benzene rings is 1. The predicted octanol–water partition coefficient (Wildman–Crippen LogP) is 5.88. The van der Waals surface area contributed by atoms with E-state index in [1.807, 2.05) is 82.0 Å². The highest BCUT2D eigenvalue weighted by Gasteiger charge is 2.43. The van der Waals surface area contributed by atoms with Gasteiger partial charge >= 0.3 is 6.09 Å². The third-order valence-corrected chi connectivity index (χ3v) is 13.4. The molecule has 0 spiro atoms. The molecule has 1 fully saturated rings. The van der Waals surface area contributed by atoms with Crippen LogP contribution in [0.25, 0.3) is 0 Å². The molecule has 3 rings (SSSR count). The number of ether oxygens (including phenoxy) is 3. The Kier molecular flexibility index (Phi) is 22.1. The third-order valence-electron chi connectivity index (χ3n) is 12.5. The Balaban J connectivity index is 1.75. The highest BCUT2D eigenvalue weighted by Crippen LogP contribution is 2.31. The van der Waals surface area contributed by atoms with Gasteiger partial charge < -0.3 is 39.8 Å². The van der Waals surface area contributed by atoms with Crippen LogP contribution in [0.4, 0.5) is 4.79 Å².